The van der Waals surface area contributed by atoms with E-state index in [9.17, 15) is 9.59 Å². The fourth-order valence-electron chi connectivity index (χ4n) is 3.17. The van der Waals surface area contributed by atoms with Crippen LogP contribution in [0.3, 0.4) is 0 Å². The van der Waals surface area contributed by atoms with Crippen LogP contribution in [0.1, 0.15) is 46.5 Å². The smallest absolute Gasteiger partial charge is 0.246 e. The molecular formula is C14H22N2O2. The van der Waals surface area contributed by atoms with Crippen molar-refractivity contribution in [2.24, 2.45) is 11.3 Å². The first-order chi connectivity index (χ1) is 8.45. The monoisotopic (exact) mass is 250 g/mol. The molecule has 4 heteroatoms. The fraction of sp³-hybridized carbons (Fsp3) is 0.857. The zero-order chi connectivity index (χ0) is 13.1. The number of amides is 2. The fourth-order valence-corrected chi connectivity index (χ4v) is 3.17. The summed E-state index contributed by atoms with van der Waals surface area (Å²) in [4.78, 5) is 26.7. The highest BCUT2D eigenvalue weighted by Gasteiger charge is 2.57. The largest absolute Gasteiger partial charge is 0.342 e. The Hall–Kier alpha value is -1.06. The van der Waals surface area contributed by atoms with Crippen molar-refractivity contribution >= 4 is 11.8 Å². The van der Waals surface area contributed by atoms with Gasteiger partial charge < -0.3 is 10.2 Å². The molecule has 0 radical (unpaired) electrons. The molecule has 3 aliphatic rings. The highest BCUT2D eigenvalue weighted by Crippen LogP contribution is 2.50. The number of hydrogen-bond donors (Lipinski definition) is 1. The average molecular weight is 250 g/mol. The van der Waals surface area contributed by atoms with Gasteiger partial charge in [-0.3, -0.25) is 9.59 Å². The van der Waals surface area contributed by atoms with Crippen LogP contribution in [0.25, 0.3) is 0 Å². The summed E-state index contributed by atoms with van der Waals surface area (Å²) in [7, 11) is 0. The molecule has 3 atom stereocenters. The molecule has 1 heterocycles. The lowest BCUT2D eigenvalue weighted by atomic mass is 10.0. The Balaban J connectivity index is 1.85. The molecule has 3 unspecified atom stereocenters. The van der Waals surface area contributed by atoms with E-state index in [1.54, 1.807) is 0 Å². The Morgan fingerprint density at radius 1 is 1.33 bits per heavy atom. The summed E-state index contributed by atoms with van der Waals surface area (Å²) >= 11 is 0. The Bertz CT molecular complexity index is 401. The number of piperazine rings is 1. The zero-order valence-electron chi connectivity index (χ0n) is 11.4. The van der Waals surface area contributed by atoms with Crippen molar-refractivity contribution in [2.45, 2.75) is 64.6 Å². The van der Waals surface area contributed by atoms with Crippen LogP contribution in [0.2, 0.25) is 0 Å². The molecule has 0 aromatic rings. The predicted octanol–water partition coefficient (Wildman–Crippen LogP) is 1.30. The van der Waals surface area contributed by atoms with Crippen LogP contribution >= 0.6 is 0 Å². The zero-order valence-corrected chi connectivity index (χ0v) is 11.4. The Kier molecular flexibility index (Phi) is 2.48. The summed E-state index contributed by atoms with van der Waals surface area (Å²) in [5.74, 6) is 0.611. The lowest BCUT2D eigenvalue weighted by Gasteiger charge is -2.40. The molecule has 18 heavy (non-hydrogen) atoms. The normalized spacial score (nSPS) is 38.6. The molecule has 0 bridgehead atoms. The summed E-state index contributed by atoms with van der Waals surface area (Å²) in [5.41, 5.74) is 0.189. The first kappa shape index (κ1) is 12.0. The molecule has 1 N–H and O–H groups in total. The van der Waals surface area contributed by atoms with Crippen molar-refractivity contribution < 1.29 is 9.59 Å². The minimum Gasteiger partial charge on any atom is -0.342 e. The maximum atomic E-state index is 12.6. The Morgan fingerprint density at radius 2 is 1.94 bits per heavy atom. The first-order valence-electron chi connectivity index (χ1n) is 7.08. The molecule has 2 aliphatic carbocycles. The number of nitrogens with one attached hydrogen (secondary N) is 1. The predicted molar refractivity (Wildman–Crippen MR) is 67.8 cm³/mol. The lowest BCUT2D eigenvalue weighted by Crippen LogP contribution is -2.64. The molecule has 1 aliphatic heterocycles. The number of hydrogen-bond acceptors (Lipinski definition) is 2. The van der Waals surface area contributed by atoms with Gasteiger partial charge in [-0.05, 0) is 37.0 Å². The summed E-state index contributed by atoms with van der Waals surface area (Å²) in [6.07, 6.45) is 3.90. The SMILES string of the molecule is CCC1C(=O)NC(C2CC2)C(=O)N1C1CC1(C)C. The van der Waals surface area contributed by atoms with Gasteiger partial charge in [0, 0.05) is 6.04 Å². The van der Waals surface area contributed by atoms with Gasteiger partial charge in [-0.25, -0.2) is 0 Å². The maximum absolute atomic E-state index is 12.6. The van der Waals surface area contributed by atoms with E-state index in [1.807, 2.05) is 11.8 Å². The summed E-state index contributed by atoms with van der Waals surface area (Å²) in [6.45, 7) is 6.34. The summed E-state index contributed by atoms with van der Waals surface area (Å²) in [5, 5.41) is 2.94. The molecule has 0 aromatic carbocycles. The van der Waals surface area contributed by atoms with Gasteiger partial charge in [0.1, 0.15) is 12.1 Å². The summed E-state index contributed by atoms with van der Waals surface area (Å²) < 4.78 is 0. The molecule has 1 saturated heterocycles. The molecule has 2 amide bonds. The van der Waals surface area contributed by atoms with Crippen molar-refractivity contribution in [3.8, 4) is 0 Å². The number of nitrogens with zero attached hydrogens (tertiary/aromatic N) is 1. The van der Waals surface area contributed by atoms with Crippen LogP contribution in [-0.2, 0) is 9.59 Å². The van der Waals surface area contributed by atoms with Crippen LogP contribution in [0.15, 0.2) is 0 Å². The quantitative estimate of drug-likeness (QED) is 0.821. The highest BCUT2D eigenvalue weighted by atomic mass is 16.2. The van der Waals surface area contributed by atoms with E-state index in [4.69, 9.17) is 0 Å². The van der Waals surface area contributed by atoms with E-state index in [0.29, 0.717) is 12.3 Å². The maximum Gasteiger partial charge on any atom is 0.246 e. The molecule has 4 nitrogen and oxygen atoms in total. The third kappa shape index (κ3) is 1.73. The van der Waals surface area contributed by atoms with Crippen molar-refractivity contribution in [3.05, 3.63) is 0 Å². The third-order valence-electron chi connectivity index (χ3n) is 4.73. The molecular weight excluding hydrogens is 228 g/mol. The van der Waals surface area contributed by atoms with E-state index >= 15 is 0 Å². The summed E-state index contributed by atoms with van der Waals surface area (Å²) in [6, 6.07) is -0.224. The number of rotatable bonds is 3. The van der Waals surface area contributed by atoms with Crippen LogP contribution in [0, 0.1) is 11.3 Å². The molecule has 0 aromatic heterocycles. The van der Waals surface area contributed by atoms with Crippen molar-refractivity contribution in [1.29, 1.82) is 0 Å². The van der Waals surface area contributed by atoms with Crippen molar-refractivity contribution in [1.82, 2.24) is 10.2 Å². The molecule has 100 valence electrons. The van der Waals surface area contributed by atoms with E-state index in [-0.39, 0.29) is 35.4 Å². The van der Waals surface area contributed by atoms with Gasteiger partial charge >= 0.3 is 0 Å². The minimum atomic E-state index is -0.251. The Morgan fingerprint density at radius 3 is 2.39 bits per heavy atom. The van der Waals surface area contributed by atoms with Gasteiger partial charge in [0.25, 0.3) is 0 Å². The van der Waals surface area contributed by atoms with E-state index in [2.05, 4.69) is 19.2 Å². The standard InChI is InChI=1S/C14H22N2O2/c1-4-9-12(17)15-11(8-5-6-8)13(18)16(9)10-7-14(10,2)3/h8-11H,4-7H2,1-3H3,(H,15,17). The first-order valence-corrected chi connectivity index (χ1v) is 7.08. The highest BCUT2D eigenvalue weighted by molar-refractivity contribution is 5.97. The molecule has 0 spiro atoms. The van der Waals surface area contributed by atoms with Crippen LogP contribution in [-0.4, -0.2) is 34.8 Å². The Labute approximate surface area is 108 Å². The second-order valence-electron chi connectivity index (χ2n) is 6.70. The molecule has 3 rings (SSSR count). The second kappa shape index (κ2) is 3.72. The van der Waals surface area contributed by atoms with Gasteiger partial charge in [-0.1, -0.05) is 20.8 Å². The van der Waals surface area contributed by atoms with Crippen LogP contribution < -0.4 is 5.32 Å². The molecule has 3 fully saturated rings. The van der Waals surface area contributed by atoms with Gasteiger partial charge in [-0.2, -0.15) is 0 Å². The van der Waals surface area contributed by atoms with Gasteiger partial charge in [0.15, 0.2) is 0 Å². The average Bonchev–Trinajstić information content (AvgIpc) is 3.18. The molecule has 2 saturated carbocycles. The second-order valence-corrected chi connectivity index (χ2v) is 6.70. The van der Waals surface area contributed by atoms with Gasteiger partial charge in [0.2, 0.25) is 11.8 Å². The van der Waals surface area contributed by atoms with Gasteiger partial charge in [-0.15, -0.1) is 0 Å². The topological polar surface area (TPSA) is 49.4 Å². The van der Waals surface area contributed by atoms with Crippen LogP contribution in [0.4, 0.5) is 0 Å². The van der Waals surface area contributed by atoms with Crippen molar-refractivity contribution in [2.75, 3.05) is 0 Å². The van der Waals surface area contributed by atoms with E-state index in [0.717, 1.165) is 19.3 Å². The third-order valence-corrected chi connectivity index (χ3v) is 4.73. The minimum absolute atomic E-state index is 0.0525. The van der Waals surface area contributed by atoms with Crippen molar-refractivity contribution in [3.63, 3.8) is 0 Å². The van der Waals surface area contributed by atoms with E-state index in [1.165, 1.54) is 0 Å². The van der Waals surface area contributed by atoms with Crippen LogP contribution in [0.5, 0.6) is 0 Å². The number of carbonyl (C=O) groups excluding carboxylic acids is 2. The van der Waals surface area contributed by atoms with Gasteiger partial charge in [0.05, 0.1) is 0 Å². The van der Waals surface area contributed by atoms with E-state index < -0.39 is 0 Å². The number of carbonyl (C=O) groups is 2. The lowest BCUT2D eigenvalue weighted by molar-refractivity contribution is -0.151.